The Hall–Kier alpha value is -0.272. The van der Waals surface area contributed by atoms with Gasteiger partial charge in [-0.1, -0.05) is 0 Å². The van der Waals surface area contributed by atoms with Crippen LogP contribution in [0.4, 0.5) is 0 Å². The van der Waals surface area contributed by atoms with E-state index in [1.807, 2.05) is 0 Å². The van der Waals surface area contributed by atoms with Crippen molar-refractivity contribution in [3.05, 3.63) is 17.0 Å². The van der Waals surface area contributed by atoms with Crippen molar-refractivity contribution in [2.75, 3.05) is 0 Å². The first-order chi connectivity index (χ1) is 4.20. The molecule has 1 rings (SSSR count). The van der Waals surface area contributed by atoms with E-state index in [2.05, 4.69) is 5.38 Å². The van der Waals surface area contributed by atoms with Crippen LogP contribution in [0.2, 0.25) is 0 Å². The van der Waals surface area contributed by atoms with Crippen molar-refractivity contribution in [1.82, 2.24) is 0 Å². The molecule has 0 aliphatic rings. The van der Waals surface area contributed by atoms with Gasteiger partial charge in [0.15, 0.2) is 0 Å². The second kappa shape index (κ2) is 2.54. The first kappa shape index (κ1) is 6.84. The fourth-order valence-electron chi connectivity index (χ4n) is 0.437. The maximum atomic E-state index is 10.4. The summed E-state index contributed by atoms with van der Waals surface area (Å²) in [5.41, 5.74) is 5.47. The van der Waals surface area contributed by atoms with Crippen LogP contribution in [0.1, 0.15) is 10.4 Å². The van der Waals surface area contributed by atoms with E-state index in [0.717, 1.165) is 3.66 Å². The number of hydrogen-bond donors (Lipinski definition) is 1. The van der Waals surface area contributed by atoms with E-state index in [9.17, 15) is 4.79 Å². The van der Waals surface area contributed by atoms with Gasteiger partial charge in [0.1, 0.15) is 0 Å². The molecule has 0 aliphatic carbocycles. The molecular formula is C5H5AsNOS. The first-order valence-corrected chi connectivity index (χ1v) is 4.29. The molecule has 1 aromatic heterocycles. The number of hydrogen-bond acceptors (Lipinski definition) is 2. The molecule has 1 unspecified atom stereocenters. The van der Waals surface area contributed by atoms with E-state index in [1.165, 1.54) is 28.2 Å². The van der Waals surface area contributed by atoms with Gasteiger partial charge in [0.05, 0.1) is 0 Å². The first-order valence-electron chi connectivity index (χ1n) is 2.27. The molecule has 1 aromatic rings. The fourth-order valence-corrected chi connectivity index (χ4v) is 1.72. The Kier molecular flexibility index (Phi) is 1.93. The molecule has 0 saturated heterocycles. The molecule has 9 heavy (non-hydrogen) atoms. The molecule has 1 amide bonds. The molecule has 1 heterocycles. The van der Waals surface area contributed by atoms with Crippen LogP contribution in [-0.4, -0.2) is 22.8 Å². The standard InChI is InChI=1S/C5H5AsNOS/c6-4-1-3(2-9-4)5(7)8/h1H,6H2,(H2,7,8). The Balaban J connectivity index is 2.98. The maximum absolute atomic E-state index is 10.4. The Labute approximate surface area is 65.6 Å². The summed E-state index contributed by atoms with van der Waals surface area (Å²) in [6.45, 7) is 0. The van der Waals surface area contributed by atoms with Gasteiger partial charge in [-0.3, -0.25) is 0 Å². The van der Waals surface area contributed by atoms with E-state index in [4.69, 9.17) is 5.73 Å². The van der Waals surface area contributed by atoms with Crippen LogP contribution >= 0.6 is 11.3 Å². The average molecular weight is 202 g/mol. The van der Waals surface area contributed by atoms with Crippen LogP contribution in [0.3, 0.4) is 0 Å². The number of carbonyl (C=O) groups excluding carboxylic acids is 1. The van der Waals surface area contributed by atoms with Crippen molar-refractivity contribution < 1.29 is 4.79 Å². The topological polar surface area (TPSA) is 43.1 Å². The molecular weight excluding hydrogens is 197 g/mol. The Morgan fingerprint density at radius 1 is 1.89 bits per heavy atom. The second-order valence-electron chi connectivity index (χ2n) is 1.53. The molecule has 0 spiro atoms. The van der Waals surface area contributed by atoms with E-state index in [-0.39, 0.29) is 0 Å². The van der Waals surface area contributed by atoms with Gasteiger partial charge in [-0.15, -0.1) is 0 Å². The zero-order chi connectivity index (χ0) is 6.85. The van der Waals surface area contributed by atoms with Crippen molar-refractivity contribution in [2.24, 2.45) is 5.73 Å². The van der Waals surface area contributed by atoms with Crippen LogP contribution in [-0.2, 0) is 0 Å². The van der Waals surface area contributed by atoms with Gasteiger partial charge < -0.3 is 0 Å². The molecule has 0 saturated carbocycles. The van der Waals surface area contributed by atoms with Crippen molar-refractivity contribution in [3.8, 4) is 0 Å². The second-order valence-corrected chi connectivity index (χ2v) is 4.59. The van der Waals surface area contributed by atoms with Gasteiger partial charge in [-0.25, -0.2) is 0 Å². The Morgan fingerprint density at radius 2 is 2.56 bits per heavy atom. The van der Waals surface area contributed by atoms with Crippen molar-refractivity contribution in [1.29, 1.82) is 0 Å². The van der Waals surface area contributed by atoms with Crippen LogP contribution < -0.4 is 9.40 Å². The number of primary amides is 1. The summed E-state index contributed by atoms with van der Waals surface area (Å²) in [5, 5.41) is 2.79. The number of thiophene rings is 1. The zero-order valence-corrected chi connectivity index (χ0v) is 7.79. The molecule has 0 aromatic carbocycles. The van der Waals surface area contributed by atoms with Crippen molar-refractivity contribution >= 4 is 37.8 Å². The SMILES string of the molecule is NC(=O)c1[c]sc([AsH2])c1. The molecule has 0 fully saturated rings. The van der Waals surface area contributed by atoms with Crippen molar-refractivity contribution in [2.45, 2.75) is 0 Å². The predicted octanol–water partition coefficient (Wildman–Crippen LogP) is -1.09. The summed E-state index contributed by atoms with van der Waals surface area (Å²) in [7, 11) is 0. The van der Waals surface area contributed by atoms with Gasteiger partial charge in [-0.05, 0) is 0 Å². The Bertz CT molecular complexity index is 233. The predicted molar refractivity (Wildman–Crippen MR) is 39.9 cm³/mol. The van der Waals surface area contributed by atoms with Gasteiger partial charge in [0.2, 0.25) is 0 Å². The minimum atomic E-state index is -0.393. The van der Waals surface area contributed by atoms with Crippen LogP contribution in [0.15, 0.2) is 6.07 Å². The fraction of sp³-hybridized carbons (Fsp3) is 0. The molecule has 4 heteroatoms. The van der Waals surface area contributed by atoms with E-state index in [0.29, 0.717) is 5.56 Å². The van der Waals surface area contributed by atoms with E-state index < -0.39 is 5.91 Å². The summed E-state index contributed by atoms with van der Waals surface area (Å²) >= 11 is 2.92. The summed E-state index contributed by atoms with van der Waals surface area (Å²) in [5.74, 6) is -0.393. The molecule has 2 nitrogen and oxygen atoms in total. The summed E-state index contributed by atoms with van der Waals surface area (Å²) in [4.78, 5) is 10.4. The summed E-state index contributed by atoms with van der Waals surface area (Å²) in [6, 6.07) is 1.76. The molecule has 47 valence electrons. The zero-order valence-electron chi connectivity index (χ0n) is 4.55. The third-order valence-corrected chi connectivity index (χ3v) is 2.60. The molecule has 0 bridgehead atoms. The van der Waals surface area contributed by atoms with E-state index >= 15 is 0 Å². The van der Waals surface area contributed by atoms with Gasteiger partial charge >= 0.3 is 65.3 Å². The average Bonchev–Trinajstić information content (AvgIpc) is 2.14. The third-order valence-electron chi connectivity index (χ3n) is 0.831. The van der Waals surface area contributed by atoms with Crippen LogP contribution in [0.5, 0.6) is 0 Å². The quantitative estimate of drug-likeness (QED) is 0.577. The summed E-state index contributed by atoms with van der Waals surface area (Å²) in [6.07, 6.45) is 0. The number of carbonyl (C=O) groups is 1. The monoisotopic (exact) mass is 202 g/mol. The normalized spacial score (nSPS) is 9.44. The summed E-state index contributed by atoms with van der Waals surface area (Å²) < 4.78 is 1.12. The third kappa shape index (κ3) is 1.57. The van der Waals surface area contributed by atoms with Crippen molar-refractivity contribution in [3.63, 3.8) is 0 Å². The minimum absolute atomic E-state index is 0.393. The molecule has 1 radical (unpaired) electrons. The van der Waals surface area contributed by atoms with Crippen LogP contribution in [0.25, 0.3) is 0 Å². The number of rotatable bonds is 1. The molecule has 2 N–H and O–H groups in total. The van der Waals surface area contributed by atoms with Gasteiger partial charge in [-0.2, -0.15) is 0 Å². The molecule has 0 aliphatic heterocycles. The van der Waals surface area contributed by atoms with Crippen LogP contribution in [0, 0.1) is 5.38 Å². The van der Waals surface area contributed by atoms with E-state index in [1.54, 1.807) is 6.07 Å². The molecule has 1 atom stereocenters. The Morgan fingerprint density at radius 3 is 2.78 bits per heavy atom. The van der Waals surface area contributed by atoms with Gasteiger partial charge in [0.25, 0.3) is 0 Å². The van der Waals surface area contributed by atoms with Gasteiger partial charge in [0, 0.05) is 0 Å². The number of amides is 1. The number of nitrogens with two attached hydrogens (primary N) is 1.